The van der Waals surface area contributed by atoms with E-state index in [4.69, 9.17) is 42.9 Å². The Morgan fingerprint density at radius 2 is 0.474 bits per heavy atom. The maximum atomic E-state index is 8.65. The molecule has 0 aliphatic carbocycles. The Bertz CT molecular complexity index is 365. The average molecular weight is 939 g/mol. The summed E-state index contributed by atoms with van der Waals surface area (Å²) in [5.74, 6) is 0. The molecule has 0 aromatic rings. The summed E-state index contributed by atoms with van der Waals surface area (Å²) in [5, 5.41) is 0. The molecule has 0 bridgehead atoms. The summed E-state index contributed by atoms with van der Waals surface area (Å²) in [7, 11) is 0. The van der Waals surface area contributed by atoms with Crippen LogP contribution in [0.1, 0.15) is 5.71 Å². The van der Waals surface area contributed by atoms with Crippen molar-refractivity contribution in [3.05, 3.63) is 0 Å². The molecule has 0 aliphatic heterocycles. The molecule has 0 spiro atoms. The molecule has 0 amide bonds. The van der Waals surface area contributed by atoms with Gasteiger partial charge in [0.25, 0.3) is 0 Å². The van der Waals surface area contributed by atoms with Crippen molar-refractivity contribution in [2.45, 2.75) is 0 Å². The number of rotatable bonds is 0. The number of hydrogen-bond acceptors (Lipinski definition) is 12. The zero-order valence-corrected chi connectivity index (χ0v) is 23.7. The Labute approximate surface area is 204 Å². The van der Waals surface area contributed by atoms with E-state index in [9.17, 15) is 0 Å². The van der Waals surface area contributed by atoms with Gasteiger partial charge in [0.2, 0.25) is 0 Å². The van der Waals surface area contributed by atoms with Gasteiger partial charge in [0.05, 0.1) is 0 Å². The first kappa shape index (κ1) is 43.6. The first-order valence-corrected chi connectivity index (χ1v) is 16.4. The van der Waals surface area contributed by atoms with Gasteiger partial charge in [-0.2, -0.15) is 0 Å². The summed E-state index contributed by atoms with van der Waals surface area (Å²) >= 11 is -18.5. The molecule has 114 valence electrons. The van der Waals surface area contributed by atoms with Crippen LogP contribution in [0.4, 0.5) is 0 Å². The molecule has 0 saturated heterocycles. The van der Waals surface area contributed by atoms with Gasteiger partial charge in [-0.3, -0.25) is 0 Å². The van der Waals surface area contributed by atoms with Crippen LogP contribution < -0.4 is 22.6 Å². The molecule has 19 heteroatoms. The summed E-state index contributed by atoms with van der Waals surface area (Å²) in [5.41, 5.74) is 0. The van der Waals surface area contributed by atoms with Crippen molar-refractivity contribution in [2.75, 3.05) is 0 Å². The number of hydrogen-bond donors (Lipinski definition) is 0. The molecule has 19 heavy (non-hydrogen) atoms. The first-order chi connectivity index (χ1) is 6.00. The van der Waals surface area contributed by atoms with E-state index < -0.39 is 50.2 Å². The van der Waals surface area contributed by atoms with E-state index in [1.807, 2.05) is 0 Å². The molecule has 12 nitrogen and oxygen atoms in total. The zero-order chi connectivity index (χ0) is 13.5. The average Bonchev–Trinajstić information content (AvgIpc) is 1.41. The van der Waals surface area contributed by atoms with Crippen molar-refractivity contribution in [3.63, 3.8) is 0 Å². The van der Waals surface area contributed by atoms with Crippen LogP contribution in [0, 0.1) is 0 Å². The normalized spacial score (nSPS) is 9.16. The van der Waals surface area contributed by atoms with Crippen LogP contribution in [-0.2, 0) is 105 Å². The van der Waals surface area contributed by atoms with Gasteiger partial charge in [-0.05, 0) is 0 Å². The Hall–Kier alpha value is 4.18. The van der Waals surface area contributed by atoms with Gasteiger partial charge in [-0.15, -0.1) is 0 Å². The van der Waals surface area contributed by atoms with Gasteiger partial charge < -0.3 is 5.71 Å². The Kier molecular flexibility index (Phi) is 46.4. The summed E-state index contributed by atoms with van der Waals surface area (Å²) in [4.78, 5) is 0. The third-order valence-electron chi connectivity index (χ3n) is 0. The molecule has 0 rings (SSSR count). The molecule has 0 heterocycles. The van der Waals surface area contributed by atoms with E-state index >= 15 is 0 Å². The fourth-order valence-corrected chi connectivity index (χ4v) is 0. The second kappa shape index (κ2) is 20.2. The molecule has 0 aromatic carbocycles. The van der Waals surface area contributed by atoms with Crippen molar-refractivity contribution < 1.29 is 133 Å². The van der Waals surface area contributed by atoms with Gasteiger partial charge in [0.15, 0.2) is 0 Å². The minimum absolute atomic E-state index is 0. The monoisotopic (exact) mass is 940 g/mol. The summed E-state index contributed by atoms with van der Waals surface area (Å²) in [6.07, 6.45) is 0. The predicted octanol–water partition coefficient (Wildman–Crippen LogP) is -8.17. The summed E-state index contributed by atoms with van der Waals surface area (Å²) in [6.45, 7) is 0. The molecule has 0 unspecified atom stereocenters. The maximum absolute atomic E-state index is 8.65. The molecule has 0 N–H and O–H groups in total. The Balaban J connectivity index is -0.00000000889. The molecular formula is H4Ca2Fe2O12W3. The zero-order valence-electron chi connectivity index (χ0n) is 12.2. The molecule has 0 aromatic heterocycles. The quantitative estimate of drug-likeness (QED) is 0.206. The van der Waals surface area contributed by atoms with Gasteiger partial charge in [0, 0.05) is 0 Å². The molecular weight excluding hydrogens is 935 g/mol. The van der Waals surface area contributed by atoms with E-state index in [-0.39, 0.29) is 115 Å². The van der Waals surface area contributed by atoms with Crippen molar-refractivity contribution >= 4 is 75.5 Å². The Morgan fingerprint density at radius 3 is 0.474 bits per heavy atom. The van der Waals surface area contributed by atoms with Crippen molar-refractivity contribution in [2.24, 2.45) is 0 Å². The fraction of sp³-hybridized carbons (Fsp3) is 0. The van der Waals surface area contributed by atoms with E-state index in [0.717, 1.165) is 0 Å². The van der Waals surface area contributed by atoms with Crippen LogP contribution in [0.25, 0.3) is 0 Å². The van der Waals surface area contributed by atoms with Crippen LogP contribution in [0.2, 0.25) is 0 Å². The molecule has 0 fully saturated rings. The first-order valence-electron chi connectivity index (χ1n) is 2.00. The van der Waals surface area contributed by atoms with Crippen molar-refractivity contribution in [3.8, 4) is 0 Å². The summed E-state index contributed by atoms with van der Waals surface area (Å²) < 4.78 is 104. The standard InChI is InChI=1S/2Ca.2Fe.12O.3W.4H/q2*+2;2*+3;;;;;;;6*-1;;;;4*-1. The van der Waals surface area contributed by atoms with Crippen LogP contribution in [0.3, 0.4) is 0 Å². The van der Waals surface area contributed by atoms with Crippen LogP contribution in [-0.4, -0.2) is 75.5 Å². The second-order valence-corrected chi connectivity index (χ2v) is 10.0. The second-order valence-electron chi connectivity index (χ2n) is 1.22. The van der Waals surface area contributed by atoms with E-state index in [2.05, 4.69) is 0 Å². The summed E-state index contributed by atoms with van der Waals surface area (Å²) in [6, 6.07) is 0. The van der Waals surface area contributed by atoms with Crippen molar-refractivity contribution in [1.82, 2.24) is 0 Å². The molecule has 2 radical (unpaired) electrons. The van der Waals surface area contributed by atoms with Gasteiger partial charge in [-0.1, -0.05) is 0 Å². The van der Waals surface area contributed by atoms with Gasteiger partial charge >= 0.3 is 203 Å². The topological polar surface area (TPSA) is 241 Å². The van der Waals surface area contributed by atoms with E-state index in [0.29, 0.717) is 0 Å². The van der Waals surface area contributed by atoms with Gasteiger partial charge in [-0.25, -0.2) is 0 Å². The van der Waals surface area contributed by atoms with Crippen molar-refractivity contribution in [1.29, 1.82) is 0 Å². The van der Waals surface area contributed by atoms with Crippen LogP contribution in [0.15, 0.2) is 0 Å². The molecule has 0 saturated carbocycles. The van der Waals surface area contributed by atoms with Gasteiger partial charge in [0.1, 0.15) is 0 Å². The predicted molar refractivity (Wildman–Crippen MR) is 20.1 cm³/mol. The third-order valence-corrected chi connectivity index (χ3v) is 0. The fourth-order valence-electron chi connectivity index (χ4n) is 0. The molecule has 0 atom stereocenters. The van der Waals surface area contributed by atoms with E-state index in [1.165, 1.54) is 0 Å². The van der Waals surface area contributed by atoms with Crippen LogP contribution in [0.5, 0.6) is 0 Å². The van der Waals surface area contributed by atoms with E-state index in [1.54, 1.807) is 0 Å². The Morgan fingerprint density at radius 1 is 0.474 bits per heavy atom. The minimum atomic E-state index is -6.17. The van der Waals surface area contributed by atoms with Crippen LogP contribution >= 0.6 is 0 Å². The molecule has 0 aliphatic rings. The SMILES string of the molecule is [Ca+2].[Ca+2].[Fe+3].[Fe+3].[H-].[H-].[H-].[H-].[O]=[W](=[O])([O-])[O-].[O]=[W](=[O])([O-])[O-].[O]=[W](=[O])([O-])[O-]. The third kappa shape index (κ3) is 516.